The van der Waals surface area contributed by atoms with E-state index in [2.05, 4.69) is 17.2 Å². The van der Waals surface area contributed by atoms with Crippen molar-refractivity contribution in [1.82, 2.24) is 5.32 Å². The summed E-state index contributed by atoms with van der Waals surface area (Å²) >= 11 is 0. The van der Waals surface area contributed by atoms with E-state index in [1.165, 1.54) is 6.92 Å². The molecule has 0 bridgehead atoms. The van der Waals surface area contributed by atoms with Crippen molar-refractivity contribution < 1.29 is 9.90 Å². The number of nitrogens with one attached hydrogen (secondary N) is 1. The van der Waals surface area contributed by atoms with Gasteiger partial charge >= 0.3 is 0 Å². The fourth-order valence-corrected chi connectivity index (χ4v) is 1.05. The summed E-state index contributed by atoms with van der Waals surface area (Å²) in [5.41, 5.74) is 0.776. The molecular formula is C12H13NO2. The van der Waals surface area contributed by atoms with Crippen LogP contribution in [0.25, 0.3) is 0 Å². The molecule has 78 valence electrons. The number of aromatic hydroxyl groups is 1. The maximum Gasteiger partial charge on any atom is 0.216 e. The van der Waals surface area contributed by atoms with E-state index in [0.717, 1.165) is 5.56 Å². The number of rotatable bonds is 2. The first-order valence-electron chi connectivity index (χ1n) is 4.71. The van der Waals surface area contributed by atoms with Crippen molar-refractivity contribution in [2.75, 3.05) is 6.54 Å². The van der Waals surface area contributed by atoms with E-state index in [-0.39, 0.29) is 11.7 Å². The Morgan fingerprint density at radius 2 is 2.33 bits per heavy atom. The molecule has 1 rings (SSSR count). The molecule has 3 heteroatoms. The standard InChI is InChI=1S/C12H13NO2/c1-10(14)13-8-3-2-5-11-6-4-7-12(15)9-11/h4,6-7,9,15H,3,8H2,1H3,(H,13,14). The van der Waals surface area contributed by atoms with E-state index in [9.17, 15) is 4.79 Å². The lowest BCUT2D eigenvalue weighted by molar-refractivity contribution is -0.118. The number of carbonyl (C=O) groups excluding carboxylic acids is 1. The molecule has 0 radical (unpaired) electrons. The van der Waals surface area contributed by atoms with E-state index in [4.69, 9.17) is 5.11 Å². The number of phenolic OH excluding ortho intramolecular Hbond substituents is 1. The van der Waals surface area contributed by atoms with Crippen LogP contribution >= 0.6 is 0 Å². The Balaban J connectivity index is 2.41. The van der Waals surface area contributed by atoms with Crippen LogP contribution in [0.3, 0.4) is 0 Å². The molecule has 15 heavy (non-hydrogen) atoms. The van der Waals surface area contributed by atoms with Crippen molar-refractivity contribution in [3.8, 4) is 17.6 Å². The lowest BCUT2D eigenvalue weighted by Gasteiger charge is -1.95. The Bertz CT molecular complexity index is 402. The van der Waals surface area contributed by atoms with Crippen LogP contribution in [0.4, 0.5) is 0 Å². The fraction of sp³-hybridized carbons (Fsp3) is 0.250. The third-order valence-electron chi connectivity index (χ3n) is 1.70. The third kappa shape index (κ3) is 4.72. The van der Waals surface area contributed by atoms with E-state index in [1.54, 1.807) is 18.2 Å². The van der Waals surface area contributed by atoms with E-state index in [1.807, 2.05) is 6.07 Å². The molecule has 1 aromatic rings. The lowest BCUT2D eigenvalue weighted by Crippen LogP contribution is -2.20. The molecule has 0 aliphatic carbocycles. The van der Waals surface area contributed by atoms with E-state index >= 15 is 0 Å². The fourth-order valence-electron chi connectivity index (χ4n) is 1.05. The molecule has 2 N–H and O–H groups in total. The van der Waals surface area contributed by atoms with Crippen molar-refractivity contribution in [2.24, 2.45) is 0 Å². The van der Waals surface area contributed by atoms with Gasteiger partial charge in [-0.25, -0.2) is 0 Å². The highest BCUT2D eigenvalue weighted by atomic mass is 16.3. The summed E-state index contributed by atoms with van der Waals surface area (Å²) in [4.78, 5) is 10.5. The second kappa shape index (κ2) is 5.71. The first kappa shape index (κ1) is 11.1. The maximum atomic E-state index is 10.5. The van der Waals surface area contributed by atoms with Gasteiger partial charge in [0.15, 0.2) is 0 Å². The van der Waals surface area contributed by atoms with E-state index in [0.29, 0.717) is 13.0 Å². The Labute approximate surface area is 89.1 Å². The van der Waals surface area contributed by atoms with Gasteiger partial charge in [0.25, 0.3) is 0 Å². The predicted octanol–water partition coefficient (Wildman–Crippen LogP) is 1.27. The maximum absolute atomic E-state index is 10.5. The summed E-state index contributed by atoms with van der Waals surface area (Å²) in [7, 11) is 0. The number of hydrogen-bond donors (Lipinski definition) is 2. The third-order valence-corrected chi connectivity index (χ3v) is 1.70. The minimum absolute atomic E-state index is 0.0471. The van der Waals surface area contributed by atoms with Gasteiger partial charge in [-0.3, -0.25) is 4.79 Å². The van der Waals surface area contributed by atoms with Gasteiger partial charge in [-0.05, 0) is 18.2 Å². The Hall–Kier alpha value is -1.95. The average Bonchev–Trinajstić information content (AvgIpc) is 2.17. The molecule has 3 nitrogen and oxygen atoms in total. The topological polar surface area (TPSA) is 49.3 Å². The molecule has 0 fully saturated rings. The highest BCUT2D eigenvalue weighted by Gasteiger charge is 1.89. The highest BCUT2D eigenvalue weighted by molar-refractivity contribution is 5.72. The molecule has 0 aliphatic rings. The molecule has 0 heterocycles. The van der Waals surface area contributed by atoms with Gasteiger partial charge in [0.2, 0.25) is 5.91 Å². The van der Waals surface area contributed by atoms with Crippen LogP contribution in [-0.4, -0.2) is 17.6 Å². The molecule has 0 aliphatic heterocycles. The Kier molecular flexibility index (Phi) is 4.24. The predicted molar refractivity (Wildman–Crippen MR) is 58.3 cm³/mol. The minimum Gasteiger partial charge on any atom is -0.508 e. The van der Waals surface area contributed by atoms with Crippen LogP contribution in [-0.2, 0) is 4.79 Å². The number of hydrogen-bond acceptors (Lipinski definition) is 2. The second-order valence-electron chi connectivity index (χ2n) is 3.09. The average molecular weight is 203 g/mol. The summed E-state index contributed by atoms with van der Waals surface area (Å²) in [6, 6.07) is 6.77. The number of carbonyl (C=O) groups is 1. The van der Waals surface area contributed by atoms with Crippen LogP contribution < -0.4 is 5.32 Å². The first-order valence-corrected chi connectivity index (χ1v) is 4.71. The smallest absolute Gasteiger partial charge is 0.216 e. The molecule has 0 saturated carbocycles. The zero-order chi connectivity index (χ0) is 11.1. The van der Waals surface area contributed by atoms with Gasteiger partial charge in [-0.15, -0.1) is 0 Å². The van der Waals surface area contributed by atoms with Crippen molar-refractivity contribution in [3.63, 3.8) is 0 Å². The monoisotopic (exact) mass is 203 g/mol. The van der Waals surface area contributed by atoms with Crippen molar-refractivity contribution in [1.29, 1.82) is 0 Å². The normalized spacial score (nSPS) is 8.87. The molecule has 0 spiro atoms. The Morgan fingerprint density at radius 3 is 3.00 bits per heavy atom. The van der Waals surface area contributed by atoms with Gasteiger partial charge in [0.05, 0.1) is 0 Å². The molecule has 1 amide bonds. The largest absolute Gasteiger partial charge is 0.508 e. The summed E-state index contributed by atoms with van der Waals surface area (Å²) in [5, 5.41) is 11.8. The summed E-state index contributed by atoms with van der Waals surface area (Å²) < 4.78 is 0. The van der Waals surface area contributed by atoms with E-state index < -0.39 is 0 Å². The van der Waals surface area contributed by atoms with Crippen LogP contribution in [0.15, 0.2) is 24.3 Å². The van der Waals surface area contributed by atoms with Crippen molar-refractivity contribution in [2.45, 2.75) is 13.3 Å². The summed E-state index contributed by atoms with van der Waals surface area (Å²) in [6.45, 7) is 2.03. The van der Waals surface area contributed by atoms with Gasteiger partial charge in [-0.2, -0.15) is 0 Å². The van der Waals surface area contributed by atoms with Gasteiger partial charge in [0.1, 0.15) is 5.75 Å². The molecule has 0 aromatic heterocycles. The van der Waals surface area contributed by atoms with Gasteiger partial charge in [-0.1, -0.05) is 17.9 Å². The molecular weight excluding hydrogens is 190 g/mol. The summed E-state index contributed by atoms with van der Waals surface area (Å²) in [5.74, 6) is 5.97. The van der Waals surface area contributed by atoms with Crippen LogP contribution in [0.2, 0.25) is 0 Å². The minimum atomic E-state index is -0.0471. The van der Waals surface area contributed by atoms with Crippen LogP contribution in [0.1, 0.15) is 18.9 Å². The summed E-state index contributed by atoms with van der Waals surface area (Å²) in [6.07, 6.45) is 0.606. The quantitative estimate of drug-likeness (QED) is 0.561. The number of benzene rings is 1. The van der Waals surface area contributed by atoms with Crippen molar-refractivity contribution in [3.05, 3.63) is 29.8 Å². The molecule has 1 aromatic carbocycles. The molecule has 0 saturated heterocycles. The molecule has 0 unspecified atom stereocenters. The van der Waals surface area contributed by atoms with Crippen LogP contribution in [0.5, 0.6) is 5.75 Å². The lowest BCUT2D eigenvalue weighted by atomic mass is 10.2. The van der Waals surface area contributed by atoms with Crippen LogP contribution in [0, 0.1) is 11.8 Å². The molecule has 0 atom stereocenters. The van der Waals surface area contributed by atoms with Gasteiger partial charge < -0.3 is 10.4 Å². The highest BCUT2D eigenvalue weighted by Crippen LogP contribution is 2.09. The first-order chi connectivity index (χ1) is 7.18. The zero-order valence-corrected chi connectivity index (χ0v) is 8.58. The van der Waals surface area contributed by atoms with Gasteiger partial charge in [0, 0.05) is 25.5 Å². The zero-order valence-electron chi connectivity index (χ0n) is 8.58. The Morgan fingerprint density at radius 1 is 1.53 bits per heavy atom. The second-order valence-corrected chi connectivity index (χ2v) is 3.09. The van der Waals surface area contributed by atoms with Crippen molar-refractivity contribution >= 4 is 5.91 Å². The number of phenols is 1. The SMILES string of the molecule is CC(=O)NCCC#Cc1cccc(O)c1. The number of amides is 1.